The third-order valence-corrected chi connectivity index (χ3v) is 4.83. The molecule has 6 nitrogen and oxygen atoms in total. The third-order valence-electron chi connectivity index (χ3n) is 4.14. The maximum Gasteiger partial charge on any atom is 0.329 e. The van der Waals surface area contributed by atoms with Crippen molar-refractivity contribution in [2.45, 2.75) is 0 Å². The number of rotatable bonds is 3. The molecule has 3 N–H and O–H groups in total. The van der Waals surface area contributed by atoms with E-state index >= 15 is 0 Å². The number of carbonyl (C=O) groups excluding carboxylic acids is 2. The SMILES string of the molecule is O=C(NSC(=O)c1ccccc1F)Nc1ccc(-c2nc3ccccc3[nH]2)cc1. The average Bonchev–Trinajstić information content (AvgIpc) is 3.17. The largest absolute Gasteiger partial charge is 0.338 e. The molecule has 0 bridgehead atoms. The van der Waals surface area contributed by atoms with Gasteiger partial charge in [0.15, 0.2) is 0 Å². The number of nitrogens with zero attached hydrogens (tertiary/aromatic N) is 1. The van der Waals surface area contributed by atoms with Crippen LogP contribution in [-0.4, -0.2) is 21.1 Å². The number of halogens is 1. The topological polar surface area (TPSA) is 86.9 Å². The van der Waals surface area contributed by atoms with Crippen LogP contribution in [0.1, 0.15) is 10.4 Å². The van der Waals surface area contributed by atoms with Crippen molar-refractivity contribution in [3.8, 4) is 11.4 Å². The average molecular weight is 406 g/mol. The normalized spacial score (nSPS) is 10.7. The zero-order valence-corrected chi connectivity index (χ0v) is 15.8. The third kappa shape index (κ3) is 4.27. The van der Waals surface area contributed by atoms with Crippen molar-refractivity contribution in [3.05, 3.63) is 84.2 Å². The van der Waals surface area contributed by atoms with Crippen LogP contribution in [0.15, 0.2) is 72.8 Å². The smallest absolute Gasteiger partial charge is 0.329 e. The molecular formula is C21H15FN4O2S. The summed E-state index contributed by atoms with van der Waals surface area (Å²) in [7, 11) is 0. The van der Waals surface area contributed by atoms with Crippen LogP contribution in [0.3, 0.4) is 0 Å². The highest BCUT2D eigenvalue weighted by Crippen LogP contribution is 2.22. The minimum atomic E-state index is -0.631. The van der Waals surface area contributed by atoms with Gasteiger partial charge in [-0.15, -0.1) is 0 Å². The summed E-state index contributed by atoms with van der Waals surface area (Å²) in [6.07, 6.45) is 0. The number of benzene rings is 3. The second-order valence-corrected chi connectivity index (χ2v) is 6.88. The molecule has 1 heterocycles. The lowest BCUT2D eigenvalue weighted by Crippen LogP contribution is -2.24. The van der Waals surface area contributed by atoms with Crippen LogP contribution in [0.5, 0.6) is 0 Å². The van der Waals surface area contributed by atoms with Crippen LogP contribution in [0.2, 0.25) is 0 Å². The first-order chi connectivity index (χ1) is 14.1. The number of imidazole rings is 1. The van der Waals surface area contributed by atoms with Crippen molar-refractivity contribution < 1.29 is 14.0 Å². The number of anilines is 1. The zero-order chi connectivity index (χ0) is 20.2. The molecule has 0 radical (unpaired) electrons. The molecular weight excluding hydrogens is 391 g/mol. The first-order valence-electron chi connectivity index (χ1n) is 8.68. The van der Waals surface area contributed by atoms with Gasteiger partial charge in [-0.3, -0.25) is 9.52 Å². The summed E-state index contributed by atoms with van der Waals surface area (Å²) in [5.74, 6) is 0.0987. The van der Waals surface area contributed by atoms with Crippen molar-refractivity contribution in [3.63, 3.8) is 0 Å². The van der Waals surface area contributed by atoms with Crippen LogP contribution in [-0.2, 0) is 0 Å². The standard InChI is InChI=1S/C21H15FN4O2S/c22-16-6-2-1-5-15(16)20(27)29-26-21(28)23-14-11-9-13(10-12-14)19-24-17-7-3-4-8-18(17)25-19/h1-12H,(H,24,25)(H2,23,26,28). The number of para-hydroxylation sites is 2. The molecule has 0 fully saturated rings. The predicted octanol–water partition coefficient (Wildman–Crippen LogP) is 4.98. The molecule has 1 aromatic heterocycles. The van der Waals surface area contributed by atoms with Crippen molar-refractivity contribution in [2.24, 2.45) is 0 Å². The highest BCUT2D eigenvalue weighted by atomic mass is 32.2. The molecule has 8 heteroatoms. The number of aromatic amines is 1. The summed E-state index contributed by atoms with van der Waals surface area (Å²) in [4.78, 5) is 31.7. The van der Waals surface area contributed by atoms with Crippen LogP contribution < -0.4 is 10.0 Å². The van der Waals surface area contributed by atoms with E-state index in [1.165, 1.54) is 18.2 Å². The van der Waals surface area contributed by atoms with Crippen molar-refractivity contribution in [2.75, 3.05) is 5.32 Å². The van der Waals surface area contributed by atoms with Crippen molar-refractivity contribution in [1.29, 1.82) is 0 Å². The predicted molar refractivity (Wildman–Crippen MR) is 112 cm³/mol. The Morgan fingerprint density at radius 1 is 0.931 bits per heavy atom. The van der Waals surface area contributed by atoms with Gasteiger partial charge in [0.1, 0.15) is 11.6 Å². The second kappa shape index (κ2) is 8.15. The number of hydrogen-bond donors (Lipinski definition) is 3. The molecule has 2 amide bonds. The van der Waals surface area contributed by atoms with E-state index in [-0.39, 0.29) is 5.56 Å². The van der Waals surface area contributed by atoms with Gasteiger partial charge in [-0.2, -0.15) is 0 Å². The maximum atomic E-state index is 13.6. The number of H-pyrrole nitrogens is 1. The number of nitrogens with one attached hydrogen (secondary N) is 3. The van der Waals surface area contributed by atoms with Gasteiger partial charge in [0.2, 0.25) is 5.12 Å². The Bertz CT molecular complexity index is 1160. The van der Waals surface area contributed by atoms with Gasteiger partial charge in [0, 0.05) is 23.2 Å². The fourth-order valence-electron chi connectivity index (χ4n) is 2.73. The molecule has 0 atom stereocenters. The highest BCUT2D eigenvalue weighted by Gasteiger charge is 2.13. The minimum Gasteiger partial charge on any atom is -0.338 e. The summed E-state index contributed by atoms with van der Waals surface area (Å²) < 4.78 is 15.9. The lowest BCUT2D eigenvalue weighted by atomic mass is 10.2. The quantitative estimate of drug-likeness (QED) is 0.419. The Balaban J connectivity index is 1.36. The Hall–Kier alpha value is -3.65. The summed E-state index contributed by atoms with van der Waals surface area (Å²) in [6.45, 7) is 0. The molecule has 3 aromatic carbocycles. The number of hydrogen-bond acceptors (Lipinski definition) is 4. The van der Waals surface area contributed by atoms with Gasteiger partial charge < -0.3 is 10.3 Å². The fraction of sp³-hybridized carbons (Fsp3) is 0. The monoisotopic (exact) mass is 406 g/mol. The fourth-order valence-corrected chi connectivity index (χ4v) is 3.24. The summed E-state index contributed by atoms with van der Waals surface area (Å²) in [6, 6.07) is 19.9. The summed E-state index contributed by atoms with van der Waals surface area (Å²) in [5.41, 5.74) is 3.15. The van der Waals surface area contributed by atoms with Gasteiger partial charge in [0.05, 0.1) is 16.6 Å². The molecule has 0 spiro atoms. The van der Waals surface area contributed by atoms with E-state index in [1.54, 1.807) is 18.2 Å². The first kappa shape index (κ1) is 18.7. The Morgan fingerprint density at radius 2 is 1.66 bits per heavy atom. The van der Waals surface area contributed by atoms with E-state index < -0.39 is 17.0 Å². The highest BCUT2D eigenvalue weighted by molar-refractivity contribution is 8.12. The Morgan fingerprint density at radius 3 is 2.41 bits per heavy atom. The van der Waals surface area contributed by atoms with Crippen LogP contribution in [0, 0.1) is 5.82 Å². The van der Waals surface area contributed by atoms with Gasteiger partial charge in [-0.05, 0) is 48.5 Å². The van der Waals surface area contributed by atoms with Gasteiger partial charge in [0.25, 0.3) is 0 Å². The van der Waals surface area contributed by atoms with Gasteiger partial charge >= 0.3 is 6.03 Å². The number of carbonyl (C=O) groups is 2. The maximum absolute atomic E-state index is 13.6. The molecule has 0 saturated heterocycles. The molecule has 0 saturated carbocycles. The van der Waals surface area contributed by atoms with E-state index in [9.17, 15) is 14.0 Å². The van der Waals surface area contributed by atoms with Crippen molar-refractivity contribution in [1.82, 2.24) is 14.7 Å². The first-order valence-corrected chi connectivity index (χ1v) is 9.50. The summed E-state index contributed by atoms with van der Waals surface area (Å²) in [5, 5.41) is 2.04. The number of fused-ring (bicyclic) bond motifs is 1. The van der Waals surface area contributed by atoms with Gasteiger partial charge in [-0.25, -0.2) is 14.2 Å². The van der Waals surface area contributed by atoms with Crippen LogP contribution in [0.4, 0.5) is 14.9 Å². The minimum absolute atomic E-state index is 0.0898. The molecule has 0 aliphatic heterocycles. The molecule has 4 rings (SSSR count). The van der Waals surface area contributed by atoms with Crippen LogP contribution >= 0.6 is 11.9 Å². The Kier molecular flexibility index (Phi) is 5.26. The summed E-state index contributed by atoms with van der Waals surface area (Å²) >= 11 is 0.517. The van der Waals surface area contributed by atoms with Gasteiger partial charge in [-0.1, -0.05) is 24.3 Å². The second-order valence-electron chi connectivity index (χ2n) is 6.11. The van der Waals surface area contributed by atoms with E-state index in [2.05, 4.69) is 20.0 Å². The number of aromatic nitrogens is 2. The molecule has 4 aromatic rings. The van der Waals surface area contributed by atoms with Crippen molar-refractivity contribution >= 4 is 39.8 Å². The lowest BCUT2D eigenvalue weighted by molar-refractivity contribution is 0.108. The van der Waals surface area contributed by atoms with Crippen LogP contribution in [0.25, 0.3) is 22.4 Å². The molecule has 0 aliphatic rings. The molecule has 0 aliphatic carbocycles. The molecule has 0 unspecified atom stereocenters. The lowest BCUT2D eigenvalue weighted by Gasteiger charge is -2.07. The molecule has 29 heavy (non-hydrogen) atoms. The number of urea groups is 1. The van der Waals surface area contributed by atoms with E-state index in [1.807, 2.05) is 36.4 Å². The number of amides is 2. The zero-order valence-electron chi connectivity index (χ0n) is 15.0. The Labute approximate surface area is 169 Å². The molecule has 144 valence electrons. The van der Waals surface area contributed by atoms with E-state index in [0.717, 1.165) is 22.4 Å². The van der Waals surface area contributed by atoms with E-state index in [4.69, 9.17) is 0 Å². The van der Waals surface area contributed by atoms with E-state index in [0.29, 0.717) is 17.6 Å².